The third kappa shape index (κ3) is 4.97. The molecule has 0 saturated heterocycles. The maximum atomic E-state index is 15.1. The molecule has 3 aromatic rings. The number of hydrogen-bond donors (Lipinski definition) is 0. The van der Waals surface area contributed by atoms with Crippen LogP contribution in [0.5, 0.6) is 0 Å². The van der Waals surface area contributed by atoms with Crippen LogP contribution in [0.1, 0.15) is 32.3 Å². The molecular weight excluding hydrogens is 418 g/mol. The minimum absolute atomic E-state index is 0.231. The molecule has 4 rings (SSSR count). The molecule has 1 unspecified atom stereocenters. The van der Waals surface area contributed by atoms with E-state index in [9.17, 15) is 0 Å². The second-order valence-corrected chi connectivity index (χ2v) is 8.02. The first-order valence-electron chi connectivity index (χ1n) is 11.4. The van der Waals surface area contributed by atoms with Crippen LogP contribution in [0.25, 0.3) is 27.8 Å². The fraction of sp³-hybridized carbons (Fsp3) is 0.241. The number of allylic oxidation sites excluding steroid dienone is 2. The molecule has 0 saturated carbocycles. The van der Waals surface area contributed by atoms with Gasteiger partial charge in [0.05, 0.1) is 6.61 Å². The minimum atomic E-state index is -0.853. The Bertz CT molecular complexity index is 1150. The Balaban J connectivity index is 1.58. The first-order valence-corrected chi connectivity index (χ1v) is 11.4. The zero-order valence-electron chi connectivity index (χ0n) is 19.0. The summed E-state index contributed by atoms with van der Waals surface area (Å²) < 4.78 is 41.9. The van der Waals surface area contributed by atoms with E-state index in [1.165, 1.54) is 0 Å². The Hall–Kier alpha value is -3.08. The molecular formula is C29H28F2O2. The van der Waals surface area contributed by atoms with Gasteiger partial charge in [-0.2, -0.15) is 0 Å². The lowest BCUT2D eigenvalue weighted by atomic mass is 9.93. The second-order valence-electron chi connectivity index (χ2n) is 8.02. The summed E-state index contributed by atoms with van der Waals surface area (Å²) in [5.74, 6) is -2.55. The van der Waals surface area contributed by atoms with E-state index in [0.717, 1.165) is 17.5 Å². The SMILES string of the molecule is CCCOC1(OCC)C=CC(c2ccc(-c3ccc(-c4ccccc4)cc3)c(F)c2F)=CC1. The maximum absolute atomic E-state index is 15.1. The number of hydrogen-bond acceptors (Lipinski definition) is 2. The summed E-state index contributed by atoms with van der Waals surface area (Å²) >= 11 is 0. The van der Waals surface area contributed by atoms with Crippen molar-refractivity contribution in [3.63, 3.8) is 0 Å². The van der Waals surface area contributed by atoms with E-state index in [0.29, 0.717) is 30.8 Å². The van der Waals surface area contributed by atoms with Crippen LogP contribution in [0.4, 0.5) is 8.78 Å². The Labute approximate surface area is 194 Å². The summed E-state index contributed by atoms with van der Waals surface area (Å²) in [6, 6.07) is 20.7. The summed E-state index contributed by atoms with van der Waals surface area (Å²) in [5.41, 5.74) is 3.83. The van der Waals surface area contributed by atoms with Gasteiger partial charge in [-0.25, -0.2) is 8.78 Å². The highest BCUT2D eigenvalue weighted by Gasteiger charge is 2.30. The van der Waals surface area contributed by atoms with Gasteiger partial charge in [0.15, 0.2) is 17.4 Å². The maximum Gasteiger partial charge on any atom is 0.191 e. The monoisotopic (exact) mass is 446 g/mol. The van der Waals surface area contributed by atoms with Crippen LogP contribution in [-0.4, -0.2) is 19.0 Å². The quantitative estimate of drug-likeness (QED) is 0.329. The summed E-state index contributed by atoms with van der Waals surface area (Å²) in [5, 5.41) is 0. The lowest BCUT2D eigenvalue weighted by Gasteiger charge is -2.32. The Kier molecular flexibility index (Phi) is 7.17. The average Bonchev–Trinajstić information content (AvgIpc) is 2.86. The van der Waals surface area contributed by atoms with Crippen molar-refractivity contribution in [2.45, 2.75) is 32.5 Å². The van der Waals surface area contributed by atoms with Crippen LogP contribution in [-0.2, 0) is 9.47 Å². The van der Waals surface area contributed by atoms with E-state index in [1.807, 2.05) is 74.5 Å². The van der Waals surface area contributed by atoms with Crippen molar-refractivity contribution in [1.29, 1.82) is 0 Å². The van der Waals surface area contributed by atoms with E-state index in [4.69, 9.17) is 9.47 Å². The highest BCUT2D eigenvalue weighted by molar-refractivity contribution is 5.78. The first-order chi connectivity index (χ1) is 16.1. The highest BCUT2D eigenvalue weighted by Crippen LogP contribution is 2.35. The van der Waals surface area contributed by atoms with Gasteiger partial charge in [0.1, 0.15) is 0 Å². The van der Waals surface area contributed by atoms with E-state index >= 15 is 8.78 Å². The van der Waals surface area contributed by atoms with Crippen LogP contribution >= 0.6 is 0 Å². The molecule has 4 heteroatoms. The summed E-state index contributed by atoms with van der Waals surface area (Å²) in [4.78, 5) is 0. The summed E-state index contributed by atoms with van der Waals surface area (Å²) in [7, 11) is 0. The van der Waals surface area contributed by atoms with Gasteiger partial charge >= 0.3 is 0 Å². The van der Waals surface area contributed by atoms with Crippen molar-refractivity contribution in [2.24, 2.45) is 0 Å². The van der Waals surface area contributed by atoms with Gasteiger partial charge in [0.25, 0.3) is 0 Å². The van der Waals surface area contributed by atoms with Crippen molar-refractivity contribution in [2.75, 3.05) is 13.2 Å². The molecule has 170 valence electrons. The fourth-order valence-electron chi connectivity index (χ4n) is 4.05. The Morgan fingerprint density at radius 2 is 1.39 bits per heavy atom. The molecule has 0 aromatic heterocycles. The lowest BCUT2D eigenvalue weighted by Crippen LogP contribution is -2.35. The Morgan fingerprint density at radius 1 is 0.758 bits per heavy atom. The molecule has 2 nitrogen and oxygen atoms in total. The molecule has 0 fully saturated rings. The second kappa shape index (κ2) is 10.2. The van der Waals surface area contributed by atoms with E-state index < -0.39 is 17.4 Å². The minimum Gasteiger partial charge on any atom is -0.346 e. The molecule has 0 N–H and O–H groups in total. The molecule has 1 aliphatic carbocycles. The fourth-order valence-corrected chi connectivity index (χ4v) is 4.05. The number of rotatable bonds is 8. The predicted molar refractivity (Wildman–Crippen MR) is 130 cm³/mol. The molecule has 0 radical (unpaired) electrons. The van der Waals surface area contributed by atoms with E-state index in [2.05, 4.69) is 0 Å². The van der Waals surface area contributed by atoms with E-state index in [1.54, 1.807) is 24.3 Å². The van der Waals surface area contributed by atoms with Crippen LogP contribution in [0, 0.1) is 11.6 Å². The van der Waals surface area contributed by atoms with Gasteiger partial charge in [0, 0.05) is 24.2 Å². The number of halogens is 2. The highest BCUT2D eigenvalue weighted by atomic mass is 19.2. The van der Waals surface area contributed by atoms with Crippen LogP contribution < -0.4 is 0 Å². The van der Waals surface area contributed by atoms with Crippen molar-refractivity contribution < 1.29 is 18.3 Å². The molecule has 1 aliphatic rings. The van der Waals surface area contributed by atoms with E-state index in [-0.39, 0.29) is 11.1 Å². The average molecular weight is 447 g/mol. The normalized spacial score (nSPS) is 17.8. The number of ether oxygens (including phenoxy) is 2. The smallest absolute Gasteiger partial charge is 0.191 e. The molecule has 0 spiro atoms. The number of benzene rings is 3. The first kappa shape index (κ1) is 23.1. The van der Waals surface area contributed by atoms with Crippen molar-refractivity contribution in [3.05, 3.63) is 102 Å². The van der Waals surface area contributed by atoms with Crippen molar-refractivity contribution in [3.8, 4) is 22.3 Å². The van der Waals surface area contributed by atoms with Gasteiger partial charge in [-0.05, 0) is 41.7 Å². The molecule has 0 bridgehead atoms. The van der Waals surface area contributed by atoms with Crippen molar-refractivity contribution in [1.82, 2.24) is 0 Å². The molecule has 0 aliphatic heterocycles. The van der Waals surface area contributed by atoms with Crippen molar-refractivity contribution >= 4 is 5.57 Å². The van der Waals surface area contributed by atoms with Gasteiger partial charge in [0.2, 0.25) is 0 Å². The van der Waals surface area contributed by atoms with Gasteiger partial charge in [-0.15, -0.1) is 0 Å². The van der Waals surface area contributed by atoms with Gasteiger partial charge in [-0.3, -0.25) is 0 Å². The molecule has 3 aromatic carbocycles. The standard InChI is InChI=1S/C29H28F2O2/c1-3-20-33-29(32-4-2)18-16-24(17-19-29)26-15-14-25(27(30)28(26)31)23-12-10-22(11-13-23)21-8-6-5-7-9-21/h5-18H,3-4,19-20H2,1-2H3. The summed E-state index contributed by atoms with van der Waals surface area (Å²) in [6.07, 6.45) is 6.71. The molecule has 0 heterocycles. The van der Waals surface area contributed by atoms with Crippen LogP contribution in [0.2, 0.25) is 0 Å². The Morgan fingerprint density at radius 3 is 2.03 bits per heavy atom. The molecule has 33 heavy (non-hydrogen) atoms. The predicted octanol–water partition coefficient (Wildman–Crippen LogP) is 7.80. The molecule has 1 atom stereocenters. The third-order valence-electron chi connectivity index (χ3n) is 5.76. The molecule has 0 amide bonds. The topological polar surface area (TPSA) is 18.5 Å². The zero-order valence-corrected chi connectivity index (χ0v) is 19.0. The zero-order chi connectivity index (χ0) is 23.3. The van der Waals surface area contributed by atoms with Crippen LogP contribution in [0.3, 0.4) is 0 Å². The third-order valence-corrected chi connectivity index (χ3v) is 5.76. The van der Waals surface area contributed by atoms with Gasteiger partial charge in [-0.1, -0.05) is 85.8 Å². The van der Waals surface area contributed by atoms with Crippen LogP contribution in [0.15, 0.2) is 85.0 Å². The largest absolute Gasteiger partial charge is 0.346 e. The summed E-state index contributed by atoms with van der Waals surface area (Å²) in [6.45, 7) is 5.00. The van der Waals surface area contributed by atoms with Gasteiger partial charge < -0.3 is 9.47 Å². The lowest BCUT2D eigenvalue weighted by molar-refractivity contribution is -0.199.